The van der Waals surface area contributed by atoms with Crippen LogP contribution in [0.1, 0.15) is 35.3 Å². The fourth-order valence-electron chi connectivity index (χ4n) is 2.03. The van der Waals surface area contributed by atoms with Crippen molar-refractivity contribution in [2.24, 2.45) is 10.9 Å². The van der Waals surface area contributed by atoms with Gasteiger partial charge in [-0.3, -0.25) is 4.99 Å². The normalized spacial score (nSPS) is 12.6. The number of carbonyl (C=O) groups excluding carboxylic acids is 1. The van der Waals surface area contributed by atoms with Gasteiger partial charge < -0.3 is 14.9 Å². The molecule has 2 N–H and O–H groups in total. The zero-order valence-corrected chi connectivity index (χ0v) is 15.0. The summed E-state index contributed by atoms with van der Waals surface area (Å²) in [5.74, 6) is -1.02. The van der Waals surface area contributed by atoms with Crippen molar-refractivity contribution in [3.05, 3.63) is 58.1 Å². The molecule has 132 valence electrons. The molecule has 0 amide bonds. The standard InChI is InChI=1S/C19H20ClNO4/c1-11(2)18(23)21-10-14-8-15(20)9-16(17(14)22)25-19(24)13-6-4-5-12(3)7-13/h4-11,18,22-23H,1-3H3/b21-10+. The third-order valence-electron chi connectivity index (χ3n) is 3.49. The van der Waals surface area contributed by atoms with E-state index in [1.165, 1.54) is 18.3 Å². The maximum atomic E-state index is 12.2. The minimum atomic E-state index is -0.906. The number of nitrogens with zero attached hydrogens (tertiary/aromatic N) is 1. The van der Waals surface area contributed by atoms with Crippen LogP contribution in [0.3, 0.4) is 0 Å². The number of phenols is 1. The number of benzene rings is 2. The number of aryl methyl sites for hydroxylation is 1. The van der Waals surface area contributed by atoms with Crippen LogP contribution in [0.15, 0.2) is 41.4 Å². The lowest BCUT2D eigenvalue weighted by Crippen LogP contribution is -2.11. The maximum Gasteiger partial charge on any atom is 0.343 e. The number of rotatable bonds is 5. The highest BCUT2D eigenvalue weighted by Crippen LogP contribution is 2.33. The zero-order chi connectivity index (χ0) is 18.6. The van der Waals surface area contributed by atoms with Crippen LogP contribution in [0.5, 0.6) is 11.5 Å². The van der Waals surface area contributed by atoms with E-state index in [2.05, 4.69) is 4.99 Å². The van der Waals surface area contributed by atoms with Gasteiger partial charge in [-0.2, -0.15) is 0 Å². The number of halogens is 1. The number of aliphatic hydroxyl groups is 1. The highest BCUT2D eigenvalue weighted by molar-refractivity contribution is 6.31. The SMILES string of the molecule is Cc1cccc(C(=O)Oc2cc(Cl)cc(/C=N/C(O)C(C)C)c2O)c1. The van der Waals surface area contributed by atoms with Crippen molar-refractivity contribution in [1.29, 1.82) is 0 Å². The second-order valence-electron chi connectivity index (χ2n) is 6.04. The fraction of sp³-hybridized carbons (Fsp3) is 0.263. The molecule has 0 saturated heterocycles. The number of hydrogen-bond donors (Lipinski definition) is 2. The Morgan fingerprint density at radius 2 is 2.00 bits per heavy atom. The summed E-state index contributed by atoms with van der Waals surface area (Å²) in [6.45, 7) is 5.49. The van der Waals surface area contributed by atoms with Gasteiger partial charge in [0.2, 0.25) is 0 Å². The van der Waals surface area contributed by atoms with Gasteiger partial charge in [0, 0.05) is 22.9 Å². The van der Waals surface area contributed by atoms with Gasteiger partial charge in [0.1, 0.15) is 6.23 Å². The molecular weight excluding hydrogens is 342 g/mol. The molecular formula is C19H20ClNO4. The number of carbonyl (C=O) groups is 1. The minimum absolute atomic E-state index is 0.0699. The second-order valence-corrected chi connectivity index (χ2v) is 6.47. The van der Waals surface area contributed by atoms with Gasteiger partial charge in [0.15, 0.2) is 11.5 Å². The van der Waals surface area contributed by atoms with E-state index in [-0.39, 0.29) is 28.0 Å². The van der Waals surface area contributed by atoms with Crippen molar-refractivity contribution in [2.75, 3.05) is 0 Å². The van der Waals surface area contributed by atoms with Gasteiger partial charge in [-0.15, -0.1) is 0 Å². The molecule has 0 heterocycles. The van der Waals surface area contributed by atoms with Crippen LogP contribution in [-0.2, 0) is 0 Å². The number of ether oxygens (including phenoxy) is 1. The highest BCUT2D eigenvalue weighted by atomic mass is 35.5. The molecule has 0 radical (unpaired) electrons. The molecule has 0 aliphatic rings. The van der Waals surface area contributed by atoms with Crippen LogP contribution in [0.2, 0.25) is 5.02 Å². The van der Waals surface area contributed by atoms with E-state index in [9.17, 15) is 15.0 Å². The van der Waals surface area contributed by atoms with Crippen LogP contribution in [-0.4, -0.2) is 28.6 Å². The van der Waals surface area contributed by atoms with Crippen molar-refractivity contribution < 1.29 is 19.7 Å². The van der Waals surface area contributed by atoms with Gasteiger partial charge >= 0.3 is 5.97 Å². The molecule has 0 aliphatic heterocycles. The van der Waals surface area contributed by atoms with Crippen molar-refractivity contribution in [1.82, 2.24) is 0 Å². The summed E-state index contributed by atoms with van der Waals surface area (Å²) in [5, 5.41) is 20.3. The van der Waals surface area contributed by atoms with E-state index >= 15 is 0 Å². The first-order valence-electron chi connectivity index (χ1n) is 7.80. The summed E-state index contributed by atoms with van der Waals surface area (Å²) < 4.78 is 5.26. The molecule has 0 saturated carbocycles. The van der Waals surface area contributed by atoms with Crippen LogP contribution in [0.25, 0.3) is 0 Å². The van der Waals surface area contributed by atoms with Crippen molar-refractivity contribution >= 4 is 23.8 Å². The van der Waals surface area contributed by atoms with Crippen molar-refractivity contribution in [2.45, 2.75) is 27.0 Å². The molecule has 0 aromatic heterocycles. The number of aliphatic imine (C=N–C) groups is 1. The van der Waals surface area contributed by atoms with Gasteiger partial charge in [-0.1, -0.05) is 43.1 Å². The van der Waals surface area contributed by atoms with Crippen LogP contribution in [0, 0.1) is 12.8 Å². The summed E-state index contributed by atoms with van der Waals surface area (Å²) in [4.78, 5) is 16.2. The Morgan fingerprint density at radius 3 is 2.64 bits per heavy atom. The largest absolute Gasteiger partial charge is 0.504 e. The lowest BCUT2D eigenvalue weighted by Gasteiger charge is -2.11. The van der Waals surface area contributed by atoms with E-state index in [4.69, 9.17) is 16.3 Å². The van der Waals surface area contributed by atoms with Gasteiger partial charge in [-0.25, -0.2) is 4.79 Å². The Morgan fingerprint density at radius 1 is 1.28 bits per heavy atom. The first-order valence-corrected chi connectivity index (χ1v) is 8.18. The molecule has 6 heteroatoms. The third kappa shape index (κ3) is 5.05. The summed E-state index contributed by atoms with van der Waals surface area (Å²) in [6.07, 6.45) is 0.396. The third-order valence-corrected chi connectivity index (χ3v) is 3.71. The van der Waals surface area contributed by atoms with Crippen molar-refractivity contribution in [3.8, 4) is 11.5 Å². The zero-order valence-electron chi connectivity index (χ0n) is 14.2. The molecule has 25 heavy (non-hydrogen) atoms. The van der Waals surface area contributed by atoms with Crippen molar-refractivity contribution in [3.63, 3.8) is 0 Å². The molecule has 1 atom stereocenters. The molecule has 2 aromatic rings. The first kappa shape index (κ1) is 19.0. The summed E-state index contributed by atoms with van der Waals surface area (Å²) >= 11 is 6.03. The quantitative estimate of drug-likeness (QED) is 0.480. The topological polar surface area (TPSA) is 79.1 Å². The van der Waals surface area contributed by atoms with E-state index in [1.807, 2.05) is 26.8 Å². The molecule has 2 rings (SSSR count). The summed E-state index contributed by atoms with van der Waals surface area (Å²) in [6, 6.07) is 9.74. The predicted octanol–water partition coefficient (Wildman–Crippen LogP) is 3.97. The highest BCUT2D eigenvalue weighted by Gasteiger charge is 2.15. The smallest absolute Gasteiger partial charge is 0.343 e. The maximum absolute atomic E-state index is 12.2. The Hall–Kier alpha value is -2.37. The number of aliphatic hydroxyl groups excluding tert-OH is 1. The minimum Gasteiger partial charge on any atom is -0.504 e. The van der Waals surface area contributed by atoms with Crippen LogP contribution in [0.4, 0.5) is 0 Å². The van der Waals surface area contributed by atoms with E-state index < -0.39 is 12.2 Å². The van der Waals surface area contributed by atoms with Gasteiger partial charge in [-0.05, 0) is 31.0 Å². The lowest BCUT2D eigenvalue weighted by molar-refractivity contribution is 0.0729. The Labute approximate surface area is 151 Å². The Balaban J connectivity index is 2.28. The van der Waals surface area contributed by atoms with Gasteiger partial charge in [0.05, 0.1) is 5.56 Å². The number of esters is 1. The molecule has 5 nitrogen and oxygen atoms in total. The van der Waals surface area contributed by atoms with Gasteiger partial charge in [0.25, 0.3) is 0 Å². The average molecular weight is 362 g/mol. The predicted molar refractivity (Wildman–Crippen MR) is 97.7 cm³/mol. The molecule has 1 unspecified atom stereocenters. The number of phenolic OH excluding ortho intramolecular Hbond substituents is 1. The average Bonchev–Trinajstić information content (AvgIpc) is 2.55. The second kappa shape index (κ2) is 8.14. The molecule has 0 aliphatic carbocycles. The van der Waals surface area contributed by atoms with Crippen LogP contribution >= 0.6 is 11.6 Å². The summed E-state index contributed by atoms with van der Waals surface area (Å²) in [7, 11) is 0. The van der Waals surface area contributed by atoms with Crippen LogP contribution < -0.4 is 4.74 Å². The fourth-order valence-corrected chi connectivity index (χ4v) is 2.25. The lowest BCUT2D eigenvalue weighted by atomic mass is 10.1. The Kier molecular flexibility index (Phi) is 6.17. The van der Waals surface area contributed by atoms with E-state index in [0.717, 1.165) is 5.56 Å². The molecule has 0 bridgehead atoms. The van der Waals surface area contributed by atoms with E-state index in [0.29, 0.717) is 5.56 Å². The van der Waals surface area contributed by atoms with E-state index in [1.54, 1.807) is 18.2 Å². The molecule has 2 aromatic carbocycles. The number of hydrogen-bond acceptors (Lipinski definition) is 5. The monoisotopic (exact) mass is 361 g/mol. The summed E-state index contributed by atoms with van der Waals surface area (Å²) in [5.41, 5.74) is 1.53. The number of aromatic hydroxyl groups is 1. The molecule has 0 spiro atoms. The Bertz CT molecular complexity index is 802. The molecule has 0 fully saturated rings. The first-order chi connectivity index (χ1) is 11.8.